The maximum Gasteiger partial charge on any atom is 0.213 e. The third kappa shape index (κ3) is 4.97. The van der Waals surface area contributed by atoms with Gasteiger partial charge in [0.1, 0.15) is 23.8 Å². The van der Waals surface area contributed by atoms with Crippen molar-refractivity contribution in [2.24, 2.45) is 0 Å². The van der Waals surface area contributed by atoms with Crippen LogP contribution in [-0.2, 0) is 16.4 Å². The molecule has 4 aromatic heterocycles. The summed E-state index contributed by atoms with van der Waals surface area (Å²) in [4.78, 5) is 20.7. The van der Waals surface area contributed by atoms with E-state index in [1.807, 2.05) is 42.5 Å². The highest BCUT2D eigenvalue weighted by Gasteiger charge is 2.15. The molecule has 4 heterocycles. The van der Waals surface area contributed by atoms with Crippen LogP contribution in [0.3, 0.4) is 0 Å². The lowest BCUT2D eigenvalue weighted by Gasteiger charge is -2.10. The largest absolute Gasteiger partial charge is 0.473 e. The lowest BCUT2D eigenvalue weighted by molar-refractivity contribution is 0.294. The van der Waals surface area contributed by atoms with Crippen LogP contribution < -0.4 is 9.47 Å². The van der Waals surface area contributed by atoms with Crippen LogP contribution in [0, 0.1) is 0 Å². The number of rotatable bonds is 8. The van der Waals surface area contributed by atoms with Gasteiger partial charge in [-0.3, -0.25) is 4.98 Å². The first-order chi connectivity index (χ1) is 17.0. The first-order valence-electron chi connectivity index (χ1n) is 10.9. The van der Waals surface area contributed by atoms with E-state index < -0.39 is 9.84 Å². The molecule has 0 radical (unpaired) electrons. The molecule has 0 aliphatic heterocycles. The number of aromatic nitrogens is 5. The Kier molecular flexibility index (Phi) is 6.11. The number of aromatic amines is 1. The highest BCUT2D eigenvalue weighted by atomic mass is 32.2. The molecule has 0 spiro atoms. The molecule has 0 fully saturated rings. The van der Waals surface area contributed by atoms with E-state index in [4.69, 9.17) is 14.5 Å². The number of benzene rings is 1. The van der Waals surface area contributed by atoms with Crippen molar-refractivity contribution in [3.63, 3.8) is 0 Å². The Morgan fingerprint density at radius 1 is 0.914 bits per heavy atom. The maximum absolute atomic E-state index is 12.0. The van der Waals surface area contributed by atoms with Crippen LogP contribution in [-0.4, -0.2) is 39.1 Å². The van der Waals surface area contributed by atoms with Gasteiger partial charge in [-0.15, -0.1) is 0 Å². The molecule has 0 bridgehead atoms. The van der Waals surface area contributed by atoms with E-state index in [0.717, 1.165) is 16.6 Å². The molecule has 0 aliphatic carbocycles. The first-order valence-corrected chi connectivity index (χ1v) is 12.5. The molecule has 0 atom stereocenters. The molecule has 5 aromatic rings. The van der Waals surface area contributed by atoms with Gasteiger partial charge in [-0.2, -0.15) is 0 Å². The number of fused-ring (bicyclic) bond motifs is 1. The van der Waals surface area contributed by atoms with Gasteiger partial charge in [0.05, 0.1) is 23.0 Å². The molecular weight excluding hydrogens is 466 g/mol. The van der Waals surface area contributed by atoms with Crippen molar-refractivity contribution in [2.45, 2.75) is 18.6 Å². The number of imidazole rings is 1. The summed E-state index contributed by atoms with van der Waals surface area (Å²) in [6, 6.07) is 17.7. The van der Waals surface area contributed by atoms with E-state index in [0.29, 0.717) is 28.9 Å². The average molecular weight is 488 g/mol. The monoisotopic (exact) mass is 487 g/mol. The fourth-order valence-electron chi connectivity index (χ4n) is 3.43. The van der Waals surface area contributed by atoms with Gasteiger partial charge in [0, 0.05) is 30.1 Å². The summed E-state index contributed by atoms with van der Waals surface area (Å²) in [5.74, 6) is 2.01. The maximum atomic E-state index is 12.0. The summed E-state index contributed by atoms with van der Waals surface area (Å²) in [7, 11) is -3.39. The van der Waals surface area contributed by atoms with Crippen LogP contribution in [0.4, 0.5) is 0 Å². The molecular formula is C25H21N5O4S. The highest BCUT2D eigenvalue weighted by molar-refractivity contribution is 7.91. The number of sulfone groups is 1. The SMILES string of the molecule is CCS(=O)(=O)c1ccc(Oc2cc(COc3ccccn3)c3nc(-c4ccccn4)[nH]c3c2)cn1. The van der Waals surface area contributed by atoms with E-state index in [9.17, 15) is 8.42 Å². The van der Waals surface area contributed by atoms with E-state index in [-0.39, 0.29) is 17.4 Å². The second kappa shape index (κ2) is 9.51. The van der Waals surface area contributed by atoms with Crippen LogP contribution in [0.2, 0.25) is 0 Å². The molecule has 9 nitrogen and oxygen atoms in total. The normalized spacial score (nSPS) is 11.5. The fraction of sp³-hybridized carbons (Fsp3) is 0.120. The van der Waals surface area contributed by atoms with Crippen LogP contribution in [0.5, 0.6) is 17.4 Å². The van der Waals surface area contributed by atoms with Crippen molar-refractivity contribution in [1.29, 1.82) is 0 Å². The Balaban J connectivity index is 1.49. The van der Waals surface area contributed by atoms with E-state index in [2.05, 4.69) is 19.9 Å². The standard InChI is InChI=1S/C25H21N5O4S/c1-2-35(31,32)23-10-9-18(15-28-23)34-19-13-17(16-33-22-8-4-6-12-27-22)24-21(14-19)29-25(30-24)20-7-3-5-11-26-20/h3-15H,2,16H2,1H3,(H,29,30). The summed E-state index contributed by atoms with van der Waals surface area (Å²) in [5, 5.41) is 0.0147. The number of H-pyrrole nitrogens is 1. The summed E-state index contributed by atoms with van der Waals surface area (Å²) < 4.78 is 35.9. The lowest BCUT2D eigenvalue weighted by atomic mass is 10.2. The Hall–Kier alpha value is -4.31. The Morgan fingerprint density at radius 3 is 2.43 bits per heavy atom. The van der Waals surface area contributed by atoms with E-state index >= 15 is 0 Å². The zero-order valence-corrected chi connectivity index (χ0v) is 19.6. The summed E-state index contributed by atoms with van der Waals surface area (Å²) in [6.07, 6.45) is 4.76. The van der Waals surface area contributed by atoms with Gasteiger partial charge in [0.25, 0.3) is 0 Å². The van der Waals surface area contributed by atoms with E-state index in [1.54, 1.807) is 31.5 Å². The number of hydrogen-bond acceptors (Lipinski definition) is 8. The second-order valence-corrected chi connectivity index (χ2v) is 9.80. The predicted octanol–water partition coefficient (Wildman–Crippen LogP) is 4.58. The van der Waals surface area contributed by atoms with Gasteiger partial charge in [-0.25, -0.2) is 23.4 Å². The average Bonchev–Trinajstić information content (AvgIpc) is 3.33. The van der Waals surface area contributed by atoms with Crippen LogP contribution in [0.1, 0.15) is 12.5 Å². The van der Waals surface area contributed by atoms with Crippen molar-refractivity contribution in [3.8, 4) is 28.9 Å². The quantitative estimate of drug-likeness (QED) is 0.338. The molecule has 10 heteroatoms. The number of hydrogen-bond donors (Lipinski definition) is 1. The van der Waals surface area contributed by atoms with E-state index in [1.165, 1.54) is 12.3 Å². The second-order valence-electron chi connectivity index (χ2n) is 7.57. The third-order valence-corrected chi connectivity index (χ3v) is 6.84. The Morgan fingerprint density at radius 2 is 1.74 bits per heavy atom. The number of nitrogens with zero attached hydrogens (tertiary/aromatic N) is 4. The zero-order chi connectivity index (χ0) is 24.3. The van der Waals surface area contributed by atoms with Gasteiger partial charge in [0.2, 0.25) is 5.88 Å². The van der Waals surface area contributed by atoms with Crippen molar-refractivity contribution >= 4 is 20.9 Å². The van der Waals surface area contributed by atoms with Crippen LogP contribution in [0.25, 0.3) is 22.6 Å². The number of pyridine rings is 3. The lowest BCUT2D eigenvalue weighted by Crippen LogP contribution is -2.05. The van der Waals surface area contributed by atoms with Crippen LogP contribution >= 0.6 is 0 Å². The molecule has 0 saturated heterocycles. The molecule has 0 amide bonds. The van der Waals surface area contributed by atoms with Gasteiger partial charge in [-0.1, -0.05) is 19.1 Å². The Labute approximate surface area is 201 Å². The van der Waals surface area contributed by atoms with Crippen molar-refractivity contribution in [3.05, 3.63) is 84.8 Å². The van der Waals surface area contributed by atoms with Gasteiger partial charge < -0.3 is 14.5 Å². The molecule has 0 unspecified atom stereocenters. The summed E-state index contributed by atoms with van der Waals surface area (Å²) in [6.45, 7) is 1.79. The topological polar surface area (TPSA) is 120 Å². The molecule has 1 aromatic carbocycles. The molecule has 1 N–H and O–H groups in total. The number of nitrogens with one attached hydrogen (secondary N) is 1. The van der Waals surface area contributed by atoms with Gasteiger partial charge in [-0.05, 0) is 36.4 Å². The van der Waals surface area contributed by atoms with Gasteiger partial charge in [0.15, 0.2) is 20.7 Å². The molecule has 35 heavy (non-hydrogen) atoms. The van der Waals surface area contributed by atoms with Crippen molar-refractivity contribution in [2.75, 3.05) is 5.75 Å². The molecule has 176 valence electrons. The molecule has 0 aliphatic rings. The minimum atomic E-state index is -3.39. The summed E-state index contributed by atoms with van der Waals surface area (Å²) >= 11 is 0. The minimum Gasteiger partial charge on any atom is -0.473 e. The fourth-order valence-corrected chi connectivity index (χ4v) is 4.22. The zero-order valence-electron chi connectivity index (χ0n) is 18.7. The third-order valence-electron chi connectivity index (χ3n) is 5.20. The smallest absolute Gasteiger partial charge is 0.213 e. The molecule has 5 rings (SSSR count). The van der Waals surface area contributed by atoms with Gasteiger partial charge >= 0.3 is 0 Å². The molecule has 0 saturated carbocycles. The van der Waals surface area contributed by atoms with Crippen molar-refractivity contribution < 1.29 is 17.9 Å². The number of ether oxygens (including phenoxy) is 2. The van der Waals surface area contributed by atoms with Crippen LogP contribution in [0.15, 0.2) is 84.3 Å². The predicted molar refractivity (Wildman–Crippen MR) is 130 cm³/mol. The summed E-state index contributed by atoms with van der Waals surface area (Å²) in [5.41, 5.74) is 2.94. The Bertz CT molecular complexity index is 1550. The minimum absolute atomic E-state index is 0.0147. The van der Waals surface area contributed by atoms with Crippen molar-refractivity contribution in [1.82, 2.24) is 24.9 Å². The first kappa shape index (κ1) is 22.5. The highest BCUT2D eigenvalue weighted by Crippen LogP contribution is 2.30.